The van der Waals surface area contributed by atoms with E-state index in [9.17, 15) is 14.4 Å². The number of nitrogens with zero attached hydrogens (tertiary/aromatic N) is 4. The molecule has 0 aliphatic carbocycles. The van der Waals surface area contributed by atoms with Crippen molar-refractivity contribution in [3.63, 3.8) is 0 Å². The van der Waals surface area contributed by atoms with Gasteiger partial charge in [0, 0.05) is 48.0 Å². The molecule has 4 amide bonds. The number of benzene rings is 1. The van der Waals surface area contributed by atoms with Gasteiger partial charge in [0.2, 0.25) is 0 Å². The fourth-order valence-electron chi connectivity index (χ4n) is 3.97. The van der Waals surface area contributed by atoms with Gasteiger partial charge in [0.15, 0.2) is 11.4 Å². The zero-order chi connectivity index (χ0) is 22.3. The van der Waals surface area contributed by atoms with Gasteiger partial charge in [-0.15, -0.1) is 0 Å². The summed E-state index contributed by atoms with van der Waals surface area (Å²) in [6.45, 7) is 0.230. The fraction of sp³-hybridized carbons (Fsp3) is 0.182. The number of hydrogen-bond donors (Lipinski definition) is 2. The minimum atomic E-state index is -1.51. The van der Waals surface area contributed by atoms with Crippen LogP contribution in [-0.4, -0.2) is 51.4 Å². The molecule has 2 aliphatic rings. The number of hydrogen-bond acceptors (Lipinski definition) is 7. The van der Waals surface area contributed by atoms with Gasteiger partial charge in [-0.25, -0.2) is 14.8 Å². The van der Waals surface area contributed by atoms with E-state index in [0.29, 0.717) is 34.8 Å². The van der Waals surface area contributed by atoms with Crippen LogP contribution in [0.2, 0.25) is 0 Å². The second-order valence-electron chi connectivity index (χ2n) is 7.53. The number of nitrogens with one attached hydrogen (secondary N) is 2. The van der Waals surface area contributed by atoms with E-state index in [2.05, 4.69) is 25.6 Å². The lowest BCUT2D eigenvalue weighted by molar-refractivity contribution is -0.124. The minimum Gasteiger partial charge on any atom is -0.497 e. The summed E-state index contributed by atoms with van der Waals surface area (Å²) in [4.78, 5) is 52.3. The van der Waals surface area contributed by atoms with E-state index in [4.69, 9.17) is 4.74 Å². The predicted octanol–water partition coefficient (Wildman–Crippen LogP) is 1.24. The maximum absolute atomic E-state index is 13.0. The molecule has 32 heavy (non-hydrogen) atoms. The van der Waals surface area contributed by atoms with E-state index in [1.807, 2.05) is 12.1 Å². The molecule has 160 valence electrons. The second kappa shape index (κ2) is 7.41. The number of carbonyl (C=O) groups excluding carboxylic acids is 3. The van der Waals surface area contributed by atoms with Gasteiger partial charge in [0.1, 0.15) is 5.75 Å². The van der Waals surface area contributed by atoms with Crippen LogP contribution in [0.15, 0.2) is 55.1 Å². The van der Waals surface area contributed by atoms with Crippen molar-refractivity contribution in [3.05, 3.63) is 71.8 Å². The molecule has 1 unspecified atom stereocenters. The van der Waals surface area contributed by atoms with Crippen molar-refractivity contribution in [1.82, 2.24) is 30.5 Å². The molecule has 10 heteroatoms. The quantitative estimate of drug-likeness (QED) is 0.583. The molecule has 10 nitrogen and oxygen atoms in total. The number of imide groups is 1. The standard InChI is InChI=1S/C22H18N6O4/c1-32-16-5-4-14-11-28(19(29)17(14)7-16)12-22(20(30)26-21(31)27-22)15-9-24-18(25-10-15)13-3-2-6-23-8-13/h2-10H,11-12H2,1H3,(H2,26,27,30,31). The molecule has 2 N–H and O–H groups in total. The summed E-state index contributed by atoms with van der Waals surface area (Å²) in [7, 11) is 1.53. The number of carbonyl (C=O) groups is 3. The predicted molar refractivity (Wildman–Crippen MR) is 111 cm³/mol. The first-order chi connectivity index (χ1) is 15.5. The topological polar surface area (TPSA) is 126 Å². The Morgan fingerprint density at radius 3 is 2.59 bits per heavy atom. The summed E-state index contributed by atoms with van der Waals surface area (Å²) < 4.78 is 5.21. The highest BCUT2D eigenvalue weighted by Crippen LogP contribution is 2.32. The summed E-state index contributed by atoms with van der Waals surface area (Å²) in [6, 6.07) is 8.21. The molecule has 0 radical (unpaired) electrons. The van der Waals surface area contributed by atoms with Crippen LogP contribution in [0.5, 0.6) is 5.75 Å². The van der Waals surface area contributed by atoms with E-state index in [1.165, 1.54) is 24.4 Å². The summed E-state index contributed by atoms with van der Waals surface area (Å²) in [5.41, 5.74) is 0.903. The van der Waals surface area contributed by atoms with E-state index in [-0.39, 0.29) is 12.5 Å². The lowest BCUT2D eigenvalue weighted by Crippen LogP contribution is -2.52. The van der Waals surface area contributed by atoms with Crippen molar-refractivity contribution in [2.24, 2.45) is 0 Å². The van der Waals surface area contributed by atoms with Crippen molar-refractivity contribution in [1.29, 1.82) is 0 Å². The Kier molecular flexibility index (Phi) is 4.54. The Morgan fingerprint density at radius 1 is 1.12 bits per heavy atom. The first kappa shape index (κ1) is 19.6. The third-order valence-corrected chi connectivity index (χ3v) is 5.63. The van der Waals surface area contributed by atoms with Crippen molar-refractivity contribution < 1.29 is 19.1 Å². The van der Waals surface area contributed by atoms with Crippen LogP contribution in [0, 0.1) is 0 Å². The van der Waals surface area contributed by atoms with Gasteiger partial charge in [-0.05, 0) is 29.8 Å². The highest BCUT2D eigenvalue weighted by Gasteiger charge is 2.51. The highest BCUT2D eigenvalue weighted by atomic mass is 16.5. The minimum absolute atomic E-state index is 0.0734. The number of urea groups is 1. The largest absolute Gasteiger partial charge is 0.497 e. The molecular formula is C22H18N6O4. The van der Waals surface area contributed by atoms with E-state index in [1.54, 1.807) is 30.6 Å². The first-order valence-corrected chi connectivity index (χ1v) is 9.83. The molecule has 1 saturated heterocycles. The molecule has 2 aliphatic heterocycles. The first-order valence-electron chi connectivity index (χ1n) is 9.83. The Labute approximate surface area is 182 Å². The van der Waals surface area contributed by atoms with Crippen molar-refractivity contribution in [3.8, 4) is 17.1 Å². The number of aromatic nitrogens is 3. The maximum atomic E-state index is 13.0. The van der Waals surface area contributed by atoms with Crippen LogP contribution in [0.25, 0.3) is 11.4 Å². The Balaban J connectivity index is 1.48. The molecule has 0 spiro atoms. The van der Waals surface area contributed by atoms with E-state index >= 15 is 0 Å². The molecule has 5 rings (SSSR count). The Bertz CT molecular complexity index is 1230. The van der Waals surface area contributed by atoms with Gasteiger partial charge >= 0.3 is 6.03 Å². The van der Waals surface area contributed by atoms with E-state index < -0.39 is 17.5 Å². The van der Waals surface area contributed by atoms with Gasteiger partial charge in [0.05, 0.1) is 13.7 Å². The molecule has 1 atom stereocenters. The second-order valence-corrected chi connectivity index (χ2v) is 7.53. The summed E-state index contributed by atoms with van der Waals surface area (Å²) >= 11 is 0. The summed E-state index contributed by atoms with van der Waals surface area (Å²) in [6.07, 6.45) is 6.24. The highest BCUT2D eigenvalue weighted by molar-refractivity contribution is 6.08. The summed E-state index contributed by atoms with van der Waals surface area (Å²) in [5.74, 6) is 0.181. The van der Waals surface area contributed by atoms with Crippen molar-refractivity contribution in [2.45, 2.75) is 12.1 Å². The number of rotatable bonds is 5. The molecule has 4 heterocycles. The molecule has 0 bridgehead atoms. The lowest BCUT2D eigenvalue weighted by atomic mass is 9.91. The fourth-order valence-corrected chi connectivity index (χ4v) is 3.97. The van der Waals surface area contributed by atoms with Crippen LogP contribution in [0.4, 0.5) is 4.79 Å². The zero-order valence-corrected chi connectivity index (χ0v) is 17.0. The average Bonchev–Trinajstić information content (AvgIpc) is 3.29. The Hall–Kier alpha value is -4.34. The number of ether oxygens (including phenoxy) is 1. The van der Waals surface area contributed by atoms with E-state index in [0.717, 1.165) is 5.56 Å². The molecular weight excluding hydrogens is 412 g/mol. The third-order valence-electron chi connectivity index (χ3n) is 5.63. The Morgan fingerprint density at radius 2 is 1.94 bits per heavy atom. The van der Waals surface area contributed by atoms with Crippen LogP contribution < -0.4 is 15.4 Å². The summed E-state index contributed by atoms with van der Waals surface area (Å²) in [5, 5.41) is 4.95. The molecule has 1 aromatic carbocycles. The van der Waals surface area contributed by atoms with Crippen molar-refractivity contribution >= 4 is 17.8 Å². The number of pyridine rings is 1. The van der Waals surface area contributed by atoms with Crippen LogP contribution >= 0.6 is 0 Å². The van der Waals surface area contributed by atoms with Crippen LogP contribution in [-0.2, 0) is 16.9 Å². The zero-order valence-electron chi connectivity index (χ0n) is 17.0. The van der Waals surface area contributed by atoms with Gasteiger partial charge in [-0.3, -0.25) is 19.9 Å². The lowest BCUT2D eigenvalue weighted by Gasteiger charge is -2.30. The number of amides is 4. The van der Waals surface area contributed by atoms with Crippen LogP contribution in [0.3, 0.4) is 0 Å². The van der Waals surface area contributed by atoms with Gasteiger partial charge in [-0.1, -0.05) is 6.07 Å². The molecule has 3 aromatic rings. The maximum Gasteiger partial charge on any atom is 0.322 e. The molecule has 2 aromatic heterocycles. The molecule has 0 saturated carbocycles. The average molecular weight is 430 g/mol. The molecule has 1 fully saturated rings. The SMILES string of the molecule is COc1ccc2c(c1)C(=O)N(CC1(c3cnc(-c4cccnc4)nc3)NC(=O)NC1=O)C2. The monoisotopic (exact) mass is 430 g/mol. The number of fused-ring (bicyclic) bond motifs is 1. The third kappa shape index (κ3) is 3.13. The number of methoxy groups -OCH3 is 1. The van der Waals surface area contributed by atoms with Gasteiger partial charge in [0.25, 0.3) is 11.8 Å². The van der Waals surface area contributed by atoms with Gasteiger partial charge < -0.3 is 15.0 Å². The van der Waals surface area contributed by atoms with Crippen LogP contribution in [0.1, 0.15) is 21.5 Å². The van der Waals surface area contributed by atoms with Crippen molar-refractivity contribution in [2.75, 3.05) is 13.7 Å². The smallest absolute Gasteiger partial charge is 0.322 e. The normalized spacial score (nSPS) is 19.5. The van der Waals surface area contributed by atoms with Gasteiger partial charge in [-0.2, -0.15) is 0 Å².